The van der Waals surface area contributed by atoms with Crippen molar-refractivity contribution in [2.24, 2.45) is 4.99 Å². The molecular formula is C18H26N4O. The van der Waals surface area contributed by atoms with Crippen molar-refractivity contribution in [2.45, 2.75) is 26.6 Å². The summed E-state index contributed by atoms with van der Waals surface area (Å²) in [6, 6.07) is 12.4. The van der Waals surface area contributed by atoms with Crippen molar-refractivity contribution in [1.82, 2.24) is 15.2 Å². The van der Waals surface area contributed by atoms with Crippen LogP contribution in [0, 0.1) is 0 Å². The lowest BCUT2D eigenvalue weighted by atomic mass is 10.1. The molecule has 0 unspecified atom stereocenters. The molecule has 0 radical (unpaired) electrons. The summed E-state index contributed by atoms with van der Waals surface area (Å²) < 4.78 is 7.27. The topological polar surface area (TPSA) is 50.6 Å². The number of nitrogens with one attached hydrogen (secondary N) is 2. The van der Waals surface area contributed by atoms with Gasteiger partial charge >= 0.3 is 0 Å². The van der Waals surface area contributed by atoms with Crippen molar-refractivity contribution in [3.63, 3.8) is 0 Å². The van der Waals surface area contributed by atoms with E-state index in [2.05, 4.69) is 63.8 Å². The highest BCUT2D eigenvalue weighted by Gasteiger charge is 1.98. The fourth-order valence-electron chi connectivity index (χ4n) is 2.24. The van der Waals surface area contributed by atoms with E-state index >= 15 is 0 Å². The van der Waals surface area contributed by atoms with Crippen LogP contribution in [0.4, 0.5) is 0 Å². The molecule has 0 bridgehead atoms. The van der Waals surface area contributed by atoms with E-state index < -0.39 is 0 Å². The van der Waals surface area contributed by atoms with E-state index in [1.807, 2.05) is 12.1 Å². The van der Waals surface area contributed by atoms with Gasteiger partial charge in [0.1, 0.15) is 0 Å². The van der Waals surface area contributed by atoms with Gasteiger partial charge in [0.15, 0.2) is 5.96 Å². The molecule has 2 aromatic rings. The van der Waals surface area contributed by atoms with Crippen LogP contribution in [0.3, 0.4) is 0 Å². The molecule has 2 rings (SSSR count). The molecule has 0 saturated heterocycles. The van der Waals surface area contributed by atoms with Gasteiger partial charge in [-0.1, -0.05) is 24.3 Å². The fraction of sp³-hybridized carbons (Fsp3) is 0.389. The molecule has 1 aromatic carbocycles. The average molecular weight is 314 g/mol. The Bertz CT molecular complexity index is 576. The summed E-state index contributed by atoms with van der Waals surface area (Å²) >= 11 is 0. The Hall–Kier alpha value is -2.27. The van der Waals surface area contributed by atoms with Gasteiger partial charge in [-0.15, -0.1) is 0 Å². The molecule has 5 heteroatoms. The smallest absolute Gasteiger partial charge is 0.191 e. The zero-order valence-corrected chi connectivity index (χ0v) is 14.0. The van der Waals surface area contributed by atoms with Gasteiger partial charge in [-0.25, -0.2) is 4.99 Å². The number of benzene rings is 1. The van der Waals surface area contributed by atoms with Gasteiger partial charge in [0.2, 0.25) is 0 Å². The maximum Gasteiger partial charge on any atom is 0.191 e. The Kier molecular flexibility index (Phi) is 7.20. The molecule has 0 amide bonds. The van der Waals surface area contributed by atoms with Gasteiger partial charge in [-0.3, -0.25) is 0 Å². The number of methoxy groups -OCH3 is 1. The summed E-state index contributed by atoms with van der Waals surface area (Å²) in [5, 5.41) is 6.63. The van der Waals surface area contributed by atoms with E-state index in [0.717, 1.165) is 25.6 Å². The van der Waals surface area contributed by atoms with Crippen LogP contribution in [0.2, 0.25) is 0 Å². The molecule has 0 atom stereocenters. The number of guanidine groups is 1. The normalized spacial score (nSPS) is 11.5. The van der Waals surface area contributed by atoms with Crippen LogP contribution in [-0.2, 0) is 24.4 Å². The fourth-order valence-corrected chi connectivity index (χ4v) is 2.24. The van der Waals surface area contributed by atoms with E-state index in [1.165, 1.54) is 11.1 Å². The third-order valence-corrected chi connectivity index (χ3v) is 3.43. The zero-order valence-electron chi connectivity index (χ0n) is 14.0. The second-order valence-electron chi connectivity index (χ2n) is 5.29. The van der Waals surface area contributed by atoms with Gasteiger partial charge in [0, 0.05) is 39.1 Å². The number of aliphatic imine (C=N–C) groups is 1. The average Bonchev–Trinajstić information content (AvgIpc) is 3.07. The number of aromatic nitrogens is 1. The molecule has 124 valence electrons. The quantitative estimate of drug-likeness (QED) is 0.581. The summed E-state index contributed by atoms with van der Waals surface area (Å²) in [6.45, 7) is 5.99. The predicted octanol–water partition coefficient (Wildman–Crippen LogP) is 2.39. The van der Waals surface area contributed by atoms with E-state index in [-0.39, 0.29) is 0 Å². The summed E-state index contributed by atoms with van der Waals surface area (Å²) in [4.78, 5) is 4.63. The Labute approximate surface area is 138 Å². The molecule has 2 N–H and O–H groups in total. The summed E-state index contributed by atoms with van der Waals surface area (Å²) in [7, 11) is 1.71. The molecule has 1 aromatic heterocycles. The second kappa shape index (κ2) is 9.69. The number of hydrogen-bond acceptors (Lipinski definition) is 2. The van der Waals surface area contributed by atoms with Gasteiger partial charge in [-0.2, -0.15) is 0 Å². The third kappa shape index (κ3) is 6.16. The number of hydrogen-bond donors (Lipinski definition) is 2. The number of rotatable bonds is 8. The molecule has 0 aliphatic heterocycles. The van der Waals surface area contributed by atoms with E-state index in [9.17, 15) is 0 Å². The molecule has 0 spiro atoms. The highest BCUT2D eigenvalue weighted by molar-refractivity contribution is 5.79. The predicted molar refractivity (Wildman–Crippen MR) is 94.4 cm³/mol. The molecule has 5 nitrogen and oxygen atoms in total. The highest BCUT2D eigenvalue weighted by Crippen LogP contribution is 2.06. The first-order chi connectivity index (χ1) is 11.3. The van der Waals surface area contributed by atoms with Gasteiger partial charge in [0.25, 0.3) is 0 Å². The molecule has 0 fully saturated rings. The van der Waals surface area contributed by atoms with E-state index in [0.29, 0.717) is 13.2 Å². The van der Waals surface area contributed by atoms with Crippen molar-refractivity contribution in [1.29, 1.82) is 0 Å². The number of ether oxygens (including phenoxy) is 1. The Morgan fingerprint density at radius 3 is 2.43 bits per heavy atom. The highest BCUT2D eigenvalue weighted by atomic mass is 16.5. The van der Waals surface area contributed by atoms with Crippen molar-refractivity contribution in [2.75, 3.05) is 20.2 Å². The Morgan fingerprint density at radius 1 is 1.09 bits per heavy atom. The molecule has 23 heavy (non-hydrogen) atoms. The standard InChI is InChI=1S/C18H26N4O/c1-3-19-18(20-10-13-22-11-4-5-12-22)21-14-16-6-8-17(9-7-16)15-23-2/h4-9,11-12H,3,10,13-15H2,1-2H3,(H2,19,20,21). The molecule has 0 aliphatic rings. The lowest BCUT2D eigenvalue weighted by molar-refractivity contribution is 0.185. The van der Waals surface area contributed by atoms with Crippen LogP contribution in [0.25, 0.3) is 0 Å². The Morgan fingerprint density at radius 2 is 1.78 bits per heavy atom. The van der Waals surface area contributed by atoms with Crippen LogP contribution >= 0.6 is 0 Å². The minimum Gasteiger partial charge on any atom is -0.380 e. The molecule has 0 saturated carbocycles. The van der Waals surface area contributed by atoms with Crippen molar-refractivity contribution in [3.05, 3.63) is 59.9 Å². The van der Waals surface area contributed by atoms with Crippen LogP contribution in [0.1, 0.15) is 18.1 Å². The lowest BCUT2D eigenvalue weighted by Crippen LogP contribution is -2.38. The maximum absolute atomic E-state index is 5.12. The third-order valence-electron chi connectivity index (χ3n) is 3.43. The first kappa shape index (κ1) is 17.1. The van der Waals surface area contributed by atoms with Crippen molar-refractivity contribution in [3.8, 4) is 0 Å². The van der Waals surface area contributed by atoms with Crippen LogP contribution in [0.5, 0.6) is 0 Å². The minimum absolute atomic E-state index is 0.646. The molecular weight excluding hydrogens is 288 g/mol. The summed E-state index contributed by atoms with van der Waals surface area (Å²) in [6.07, 6.45) is 4.13. The van der Waals surface area contributed by atoms with Gasteiger partial charge < -0.3 is 19.9 Å². The molecule has 1 heterocycles. The maximum atomic E-state index is 5.12. The lowest BCUT2D eigenvalue weighted by Gasteiger charge is -2.12. The second-order valence-corrected chi connectivity index (χ2v) is 5.29. The monoisotopic (exact) mass is 314 g/mol. The number of nitrogens with zero attached hydrogens (tertiary/aromatic N) is 2. The van der Waals surface area contributed by atoms with Gasteiger partial charge in [-0.05, 0) is 30.2 Å². The SMILES string of the molecule is CCNC(=NCc1ccc(COC)cc1)NCCn1cccc1. The summed E-state index contributed by atoms with van der Waals surface area (Å²) in [5.41, 5.74) is 2.37. The first-order valence-corrected chi connectivity index (χ1v) is 8.01. The molecule has 0 aliphatic carbocycles. The van der Waals surface area contributed by atoms with Crippen molar-refractivity contribution < 1.29 is 4.74 Å². The minimum atomic E-state index is 0.646. The van der Waals surface area contributed by atoms with E-state index in [1.54, 1.807) is 7.11 Å². The van der Waals surface area contributed by atoms with Crippen LogP contribution in [0.15, 0.2) is 53.8 Å². The Balaban J connectivity index is 1.84. The van der Waals surface area contributed by atoms with E-state index in [4.69, 9.17) is 4.74 Å². The van der Waals surface area contributed by atoms with Crippen LogP contribution < -0.4 is 10.6 Å². The van der Waals surface area contributed by atoms with Crippen LogP contribution in [-0.4, -0.2) is 30.7 Å². The van der Waals surface area contributed by atoms with Gasteiger partial charge in [0.05, 0.1) is 13.2 Å². The summed E-state index contributed by atoms with van der Waals surface area (Å²) in [5.74, 6) is 0.848. The first-order valence-electron chi connectivity index (χ1n) is 8.01. The zero-order chi connectivity index (χ0) is 16.3. The van der Waals surface area contributed by atoms with Crippen molar-refractivity contribution >= 4 is 5.96 Å². The largest absolute Gasteiger partial charge is 0.380 e.